The Morgan fingerprint density at radius 3 is 2.97 bits per heavy atom. The second kappa shape index (κ2) is 9.00. The van der Waals surface area contributed by atoms with Crippen molar-refractivity contribution >= 4 is 28.6 Å². The van der Waals surface area contributed by atoms with Crippen LogP contribution in [-0.4, -0.2) is 38.1 Å². The fraction of sp³-hybridized carbons (Fsp3) is 0.286. The summed E-state index contributed by atoms with van der Waals surface area (Å²) in [5.74, 6) is 2.21. The van der Waals surface area contributed by atoms with E-state index in [9.17, 15) is 4.79 Å². The molecule has 150 valence electrons. The zero-order chi connectivity index (χ0) is 20.1. The summed E-state index contributed by atoms with van der Waals surface area (Å²) in [4.78, 5) is 14.8. The van der Waals surface area contributed by atoms with Gasteiger partial charge in [-0.3, -0.25) is 9.36 Å². The molecule has 0 unspecified atom stereocenters. The van der Waals surface area contributed by atoms with E-state index >= 15 is 0 Å². The van der Waals surface area contributed by atoms with Gasteiger partial charge in [-0.2, -0.15) is 0 Å². The van der Waals surface area contributed by atoms with E-state index < -0.39 is 0 Å². The molecular weight excluding hydrogens is 388 g/mol. The van der Waals surface area contributed by atoms with E-state index in [0.717, 1.165) is 45.4 Å². The van der Waals surface area contributed by atoms with Gasteiger partial charge in [-0.25, -0.2) is 0 Å². The number of benzene rings is 1. The number of esters is 1. The molecule has 0 aliphatic heterocycles. The van der Waals surface area contributed by atoms with Gasteiger partial charge in [-0.1, -0.05) is 30.0 Å². The van der Waals surface area contributed by atoms with Crippen LogP contribution in [0.25, 0.3) is 22.3 Å². The number of rotatable bonds is 9. The van der Waals surface area contributed by atoms with Crippen LogP contribution in [0.15, 0.2) is 58.4 Å². The van der Waals surface area contributed by atoms with E-state index in [4.69, 9.17) is 9.15 Å². The Morgan fingerprint density at radius 1 is 1.24 bits per heavy atom. The molecule has 7 nitrogen and oxygen atoms in total. The summed E-state index contributed by atoms with van der Waals surface area (Å²) >= 11 is 1.58. The van der Waals surface area contributed by atoms with Gasteiger partial charge in [-0.15, -0.1) is 10.2 Å². The lowest BCUT2D eigenvalue weighted by Gasteiger charge is -2.08. The molecule has 29 heavy (non-hydrogen) atoms. The quantitative estimate of drug-likeness (QED) is 0.248. The molecule has 0 radical (unpaired) electrons. The highest BCUT2D eigenvalue weighted by molar-refractivity contribution is 7.99. The number of nitrogens with one attached hydrogen (secondary N) is 1. The standard InChI is InChI=1S/C21H22N4O3S/c1-2-27-19(26)10-6-12-29-21-24-23-20(25(21)14-15-7-5-11-28-15)17-13-22-18-9-4-3-8-16(17)18/h3-5,7-9,11,13,22H,2,6,10,12,14H2,1H3. The Kier molecular flexibility index (Phi) is 6.00. The van der Waals surface area contributed by atoms with Crippen LogP contribution in [0.1, 0.15) is 25.5 Å². The fourth-order valence-electron chi connectivity index (χ4n) is 3.17. The first-order valence-electron chi connectivity index (χ1n) is 9.56. The molecule has 3 aromatic heterocycles. The number of fused-ring (bicyclic) bond motifs is 1. The molecule has 0 atom stereocenters. The summed E-state index contributed by atoms with van der Waals surface area (Å²) in [5, 5.41) is 10.8. The highest BCUT2D eigenvalue weighted by Crippen LogP contribution is 2.31. The Labute approximate surface area is 172 Å². The van der Waals surface area contributed by atoms with Crippen molar-refractivity contribution in [2.24, 2.45) is 0 Å². The van der Waals surface area contributed by atoms with Crippen LogP contribution in [0.4, 0.5) is 0 Å². The number of carbonyl (C=O) groups excluding carboxylic acids is 1. The van der Waals surface area contributed by atoms with Gasteiger partial charge in [0.2, 0.25) is 0 Å². The van der Waals surface area contributed by atoms with Crippen LogP contribution in [0.2, 0.25) is 0 Å². The van der Waals surface area contributed by atoms with Crippen molar-refractivity contribution in [3.63, 3.8) is 0 Å². The van der Waals surface area contributed by atoms with Crippen LogP contribution in [0, 0.1) is 0 Å². The van der Waals surface area contributed by atoms with Crippen LogP contribution in [-0.2, 0) is 16.1 Å². The lowest BCUT2D eigenvalue weighted by atomic mass is 10.1. The first kappa shape index (κ1) is 19.3. The van der Waals surface area contributed by atoms with Gasteiger partial charge in [-0.05, 0) is 31.5 Å². The van der Waals surface area contributed by atoms with Crippen molar-refractivity contribution in [2.75, 3.05) is 12.4 Å². The summed E-state index contributed by atoms with van der Waals surface area (Å²) in [5.41, 5.74) is 2.05. The van der Waals surface area contributed by atoms with Crippen molar-refractivity contribution < 1.29 is 13.9 Å². The molecular formula is C21H22N4O3S. The third-order valence-electron chi connectivity index (χ3n) is 4.50. The number of para-hydroxylation sites is 1. The smallest absolute Gasteiger partial charge is 0.305 e. The molecule has 0 amide bonds. The summed E-state index contributed by atoms with van der Waals surface area (Å²) < 4.78 is 12.6. The van der Waals surface area contributed by atoms with Gasteiger partial charge in [0.1, 0.15) is 5.76 Å². The lowest BCUT2D eigenvalue weighted by molar-refractivity contribution is -0.143. The fourth-order valence-corrected chi connectivity index (χ4v) is 4.04. The minimum Gasteiger partial charge on any atom is -0.467 e. The van der Waals surface area contributed by atoms with Gasteiger partial charge in [0.25, 0.3) is 0 Å². The number of aromatic amines is 1. The predicted octanol–water partition coefficient (Wildman–Crippen LogP) is 4.50. The number of nitrogens with zero attached hydrogens (tertiary/aromatic N) is 3. The van der Waals surface area contributed by atoms with Gasteiger partial charge in [0.05, 0.1) is 19.4 Å². The van der Waals surface area contributed by atoms with E-state index in [-0.39, 0.29) is 5.97 Å². The minimum atomic E-state index is -0.162. The first-order valence-corrected chi connectivity index (χ1v) is 10.6. The number of ether oxygens (including phenoxy) is 1. The van der Waals surface area contributed by atoms with E-state index in [1.165, 1.54) is 0 Å². The Bertz CT molecular complexity index is 1080. The Morgan fingerprint density at radius 2 is 2.14 bits per heavy atom. The van der Waals surface area contributed by atoms with Gasteiger partial charge < -0.3 is 14.1 Å². The van der Waals surface area contributed by atoms with E-state index in [1.807, 2.05) is 43.5 Å². The number of carbonyl (C=O) groups is 1. The number of H-pyrrole nitrogens is 1. The van der Waals surface area contributed by atoms with E-state index in [1.54, 1.807) is 18.0 Å². The number of thioether (sulfide) groups is 1. The number of hydrogen-bond acceptors (Lipinski definition) is 6. The maximum atomic E-state index is 11.5. The second-order valence-electron chi connectivity index (χ2n) is 6.48. The monoisotopic (exact) mass is 410 g/mol. The SMILES string of the molecule is CCOC(=O)CCCSc1nnc(-c2c[nH]c3ccccc23)n1Cc1ccco1. The molecule has 0 aliphatic rings. The molecule has 8 heteroatoms. The van der Waals surface area contributed by atoms with E-state index in [2.05, 4.69) is 25.8 Å². The zero-order valence-corrected chi connectivity index (χ0v) is 16.9. The summed E-state index contributed by atoms with van der Waals surface area (Å²) in [6.45, 7) is 2.77. The van der Waals surface area contributed by atoms with Gasteiger partial charge >= 0.3 is 5.97 Å². The molecule has 1 N–H and O–H groups in total. The topological polar surface area (TPSA) is 85.9 Å². The molecule has 4 aromatic rings. The maximum absolute atomic E-state index is 11.5. The minimum absolute atomic E-state index is 0.162. The van der Waals surface area contributed by atoms with Crippen LogP contribution in [0.5, 0.6) is 0 Å². The highest BCUT2D eigenvalue weighted by Gasteiger charge is 2.18. The average molecular weight is 410 g/mol. The molecule has 4 rings (SSSR count). The van der Waals surface area contributed by atoms with Crippen LogP contribution >= 0.6 is 11.8 Å². The second-order valence-corrected chi connectivity index (χ2v) is 7.54. The van der Waals surface area contributed by atoms with Crippen molar-refractivity contribution in [3.05, 3.63) is 54.6 Å². The Balaban J connectivity index is 1.58. The third-order valence-corrected chi connectivity index (χ3v) is 5.56. The summed E-state index contributed by atoms with van der Waals surface area (Å²) in [6.07, 6.45) is 4.75. The Hall–Kier alpha value is -3.00. The molecule has 3 heterocycles. The largest absolute Gasteiger partial charge is 0.467 e. The number of aromatic nitrogens is 4. The van der Waals surface area contributed by atoms with E-state index in [0.29, 0.717) is 19.6 Å². The lowest BCUT2D eigenvalue weighted by Crippen LogP contribution is -2.05. The molecule has 0 spiro atoms. The predicted molar refractivity (Wildman–Crippen MR) is 112 cm³/mol. The molecule has 0 bridgehead atoms. The third kappa shape index (κ3) is 4.37. The summed E-state index contributed by atoms with van der Waals surface area (Å²) in [6, 6.07) is 11.9. The van der Waals surface area contributed by atoms with Crippen molar-refractivity contribution in [1.29, 1.82) is 0 Å². The zero-order valence-electron chi connectivity index (χ0n) is 16.1. The number of furan rings is 1. The average Bonchev–Trinajstić information content (AvgIpc) is 3.46. The summed E-state index contributed by atoms with van der Waals surface area (Å²) in [7, 11) is 0. The number of hydrogen-bond donors (Lipinski definition) is 1. The first-order chi connectivity index (χ1) is 14.3. The van der Waals surface area contributed by atoms with Crippen molar-refractivity contribution in [3.8, 4) is 11.4 Å². The van der Waals surface area contributed by atoms with Crippen molar-refractivity contribution in [2.45, 2.75) is 31.5 Å². The molecule has 0 fully saturated rings. The van der Waals surface area contributed by atoms with Crippen LogP contribution in [0.3, 0.4) is 0 Å². The highest BCUT2D eigenvalue weighted by atomic mass is 32.2. The van der Waals surface area contributed by atoms with Gasteiger partial charge in [0.15, 0.2) is 11.0 Å². The molecule has 0 aliphatic carbocycles. The maximum Gasteiger partial charge on any atom is 0.305 e. The van der Waals surface area contributed by atoms with Gasteiger partial charge in [0, 0.05) is 34.8 Å². The van der Waals surface area contributed by atoms with Crippen LogP contribution < -0.4 is 0 Å². The molecule has 1 aromatic carbocycles. The normalized spacial score (nSPS) is 11.2. The molecule has 0 saturated heterocycles. The van der Waals surface area contributed by atoms with Crippen molar-refractivity contribution in [1.82, 2.24) is 19.7 Å². The molecule has 0 saturated carbocycles.